The van der Waals surface area contributed by atoms with Gasteiger partial charge < -0.3 is 75.5 Å². The van der Waals surface area contributed by atoms with E-state index in [0.717, 1.165) is 14.7 Å². The van der Waals surface area contributed by atoms with Crippen LogP contribution in [0.2, 0.25) is 0 Å². The second-order valence-corrected chi connectivity index (χ2v) is 27.4. The van der Waals surface area contributed by atoms with Crippen molar-refractivity contribution in [2.75, 3.05) is 69.6 Å². The molecule has 0 aromatic carbocycles. The average molecular weight is 1330 g/mol. The predicted octanol–water partition coefficient (Wildman–Crippen LogP) is 3.15. The van der Waals surface area contributed by atoms with Crippen LogP contribution in [0.4, 0.5) is 4.79 Å². The summed E-state index contributed by atoms with van der Waals surface area (Å²) < 4.78 is 11.3. The van der Waals surface area contributed by atoms with Crippen molar-refractivity contribution in [3.8, 4) is 0 Å². The number of likely N-dealkylation sites (N-methyl/N-ethyl adjacent to an activating group) is 7. The molecule has 0 aromatic rings. The number of aliphatic hydroxyl groups is 1. The van der Waals surface area contributed by atoms with E-state index in [1.807, 2.05) is 41.5 Å². The number of hydrogen-bond acceptors (Lipinski definition) is 15. The van der Waals surface area contributed by atoms with Crippen LogP contribution in [0.15, 0.2) is 12.2 Å². The van der Waals surface area contributed by atoms with Gasteiger partial charge in [0.2, 0.25) is 65.0 Å². The van der Waals surface area contributed by atoms with E-state index in [-0.39, 0.29) is 63.1 Å². The lowest BCUT2D eigenvalue weighted by Crippen LogP contribution is -2.64. The first-order valence-corrected chi connectivity index (χ1v) is 33.4. The molecule has 0 aromatic heterocycles. The number of nitrogens with zero attached hydrogens (tertiary/aromatic N) is 7. The summed E-state index contributed by atoms with van der Waals surface area (Å²) in [6.07, 6.45) is 1.68. The van der Waals surface area contributed by atoms with Crippen molar-refractivity contribution in [2.45, 2.75) is 241 Å². The third-order valence-electron chi connectivity index (χ3n) is 17.6. The Hall–Kier alpha value is -6.90. The SMILES string of the molecule is C/C=C/C[C@@H](C)[C@@H](O)[C@H]1C(=O)N[C@@H](CC)C(=O)N(C)[C@H](C)C(=O)N(C)[C@@H]([C@@H](C)OCCCCOC(=O)NC)C(=O)N[C@@H](C(C)C)C(=O)N(C)[C@H](CC(C)C)C(=O)N[C@@H](C)C(=O)N[C@@H](C)C(=O)N(C)[C@@H](CC(C)C)C(=O)N(C)[C@H](CC(C)C)C(=O)N(C)[C@@H](C(C)C)C(=O)N1C. The van der Waals surface area contributed by atoms with Gasteiger partial charge in [0.15, 0.2) is 0 Å². The lowest BCUT2D eigenvalue weighted by Gasteiger charge is -2.41. The molecule has 0 radical (unpaired) electrons. The lowest BCUT2D eigenvalue weighted by molar-refractivity contribution is -0.157. The zero-order chi connectivity index (χ0) is 72.7. The van der Waals surface area contributed by atoms with Crippen molar-refractivity contribution in [2.24, 2.45) is 35.5 Å². The number of amides is 12. The van der Waals surface area contributed by atoms with Crippen LogP contribution in [0.5, 0.6) is 0 Å². The second kappa shape index (κ2) is 39.8. The van der Waals surface area contributed by atoms with Gasteiger partial charge in [-0.05, 0) is 115 Å². The molecular formula is C67H120N12O15. The fraction of sp³-hybridized carbons (Fsp3) is 0.791. The summed E-state index contributed by atoms with van der Waals surface area (Å²) in [6.45, 7) is 29.0. The van der Waals surface area contributed by atoms with Crippen molar-refractivity contribution < 1.29 is 72.1 Å². The second-order valence-electron chi connectivity index (χ2n) is 27.4. The molecule has 14 atom stereocenters. The zero-order valence-corrected chi connectivity index (χ0v) is 61.3. The van der Waals surface area contributed by atoms with Crippen molar-refractivity contribution in [3.05, 3.63) is 12.2 Å². The maximum absolute atomic E-state index is 15.3. The number of aliphatic hydroxyl groups excluding tert-OH is 1. The number of ether oxygens (including phenoxy) is 2. The maximum Gasteiger partial charge on any atom is 0.406 e. The number of carbonyl (C=O) groups is 12. The summed E-state index contributed by atoms with van der Waals surface area (Å²) in [5.41, 5.74) is 0. The summed E-state index contributed by atoms with van der Waals surface area (Å²) in [6, 6.07) is -14.5. The summed E-state index contributed by atoms with van der Waals surface area (Å²) >= 11 is 0. The van der Waals surface area contributed by atoms with E-state index >= 15 is 19.2 Å². The molecule has 27 heteroatoms. The quantitative estimate of drug-likeness (QED) is 0.0754. The molecule has 1 aliphatic heterocycles. The maximum atomic E-state index is 15.3. The molecule has 6 N–H and O–H groups in total. The average Bonchev–Trinajstić information content (AvgIpc) is 0.810. The van der Waals surface area contributed by atoms with E-state index in [1.54, 1.807) is 67.5 Å². The van der Waals surface area contributed by atoms with Crippen LogP contribution >= 0.6 is 0 Å². The smallest absolute Gasteiger partial charge is 0.406 e. The highest BCUT2D eigenvalue weighted by atomic mass is 16.5. The molecule has 0 bridgehead atoms. The number of allylic oxidation sites excluding steroid dienone is 2. The van der Waals surface area contributed by atoms with Gasteiger partial charge in [-0.3, -0.25) is 52.7 Å². The van der Waals surface area contributed by atoms with Crippen LogP contribution in [-0.4, -0.2) is 259 Å². The van der Waals surface area contributed by atoms with E-state index in [1.165, 1.54) is 96.8 Å². The Morgan fingerprint density at radius 2 is 0.968 bits per heavy atom. The predicted molar refractivity (Wildman–Crippen MR) is 359 cm³/mol. The van der Waals surface area contributed by atoms with Crippen LogP contribution in [0, 0.1) is 35.5 Å². The van der Waals surface area contributed by atoms with E-state index in [4.69, 9.17) is 9.47 Å². The highest BCUT2D eigenvalue weighted by Crippen LogP contribution is 2.26. The summed E-state index contributed by atoms with van der Waals surface area (Å²) in [7, 11) is 11.2. The third-order valence-corrected chi connectivity index (χ3v) is 17.6. The van der Waals surface area contributed by atoms with Crippen LogP contribution in [0.3, 0.4) is 0 Å². The normalized spacial score (nSPS) is 26.4. The Kier molecular flexibility index (Phi) is 36.1. The van der Waals surface area contributed by atoms with Gasteiger partial charge in [-0.15, -0.1) is 0 Å². The third kappa shape index (κ3) is 24.1. The van der Waals surface area contributed by atoms with Crippen molar-refractivity contribution >= 4 is 71.1 Å². The van der Waals surface area contributed by atoms with Crippen LogP contribution < -0.4 is 26.6 Å². The Bertz CT molecular complexity index is 2580. The highest BCUT2D eigenvalue weighted by molar-refractivity contribution is 6.00. The van der Waals surface area contributed by atoms with Gasteiger partial charge in [0.1, 0.15) is 66.5 Å². The molecule has 1 rings (SSSR count). The van der Waals surface area contributed by atoms with E-state index in [2.05, 4.69) is 26.6 Å². The molecule has 0 saturated carbocycles. The zero-order valence-electron chi connectivity index (χ0n) is 61.3. The molecule has 0 spiro atoms. The summed E-state index contributed by atoms with van der Waals surface area (Å²) in [5.74, 6) is -10.5. The topological polar surface area (TPSA) is 326 Å². The lowest BCUT2D eigenvalue weighted by atomic mass is 9.91. The number of alkyl carbamates (subject to hydrolysis) is 1. The van der Waals surface area contributed by atoms with Crippen molar-refractivity contribution in [1.82, 2.24) is 60.9 Å². The fourth-order valence-electron chi connectivity index (χ4n) is 11.5. The van der Waals surface area contributed by atoms with Crippen LogP contribution in [0.1, 0.15) is 163 Å². The fourth-order valence-corrected chi connectivity index (χ4v) is 11.5. The number of rotatable bonds is 20. The summed E-state index contributed by atoms with van der Waals surface area (Å²) in [5, 5.41) is 25.5. The molecule has 12 amide bonds. The first kappa shape index (κ1) is 85.1. The molecule has 27 nitrogen and oxygen atoms in total. The Balaban J connectivity index is 4.43. The van der Waals surface area contributed by atoms with Crippen molar-refractivity contribution in [3.63, 3.8) is 0 Å². The molecule has 94 heavy (non-hydrogen) atoms. The first-order valence-electron chi connectivity index (χ1n) is 33.4. The minimum atomic E-state index is -1.66. The first-order chi connectivity index (χ1) is 43.6. The van der Waals surface area contributed by atoms with Gasteiger partial charge in [-0.2, -0.15) is 0 Å². The highest BCUT2D eigenvalue weighted by Gasteiger charge is 2.46. The number of carbonyl (C=O) groups excluding carboxylic acids is 12. The van der Waals surface area contributed by atoms with Gasteiger partial charge in [0.05, 0.1) is 18.8 Å². The number of nitrogens with one attached hydrogen (secondary N) is 5. The van der Waals surface area contributed by atoms with Crippen molar-refractivity contribution in [1.29, 1.82) is 0 Å². The number of hydrogen-bond donors (Lipinski definition) is 6. The Labute approximate surface area is 560 Å². The van der Waals surface area contributed by atoms with E-state index in [0.29, 0.717) is 12.8 Å². The largest absolute Gasteiger partial charge is 0.450 e. The van der Waals surface area contributed by atoms with Gasteiger partial charge in [0.25, 0.3) is 0 Å². The van der Waals surface area contributed by atoms with Gasteiger partial charge in [0, 0.05) is 63.0 Å². The summed E-state index contributed by atoms with van der Waals surface area (Å²) in [4.78, 5) is 183. The van der Waals surface area contributed by atoms with Crippen LogP contribution in [-0.2, 0) is 62.2 Å². The van der Waals surface area contributed by atoms with E-state index < -0.39 is 167 Å². The number of unbranched alkanes of at least 4 members (excludes halogenated alkanes) is 1. The minimum Gasteiger partial charge on any atom is -0.450 e. The van der Waals surface area contributed by atoms with E-state index in [9.17, 15) is 43.5 Å². The molecule has 0 unspecified atom stereocenters. The molecular weight excluding hydrogens is 1210 g/mol. The Morgan fingerprint density at radius 3 is 1.46 bits per heavy atom. The molecule has 1 heterocycles. The van der Waals surface area contributed by atoms with Gasteiger partial charge >= 0.3 is 6.09 Å². The molecule has 0 aliphatic carbocycles. The van der Waals surface area contributed by atoms with Gasteiger partial charge in [-0.25, -0.2) is 4.79 Å². The molecule has 538 valence electrons. The van der Waals surface area contributed by atoms with Gasteiger partial charge in [-0.1, -0.05) is 95.2 Å². The monoisotopic (exact) mass is 1330 g/mol. The minimum absolute atomic E-state index is 0.0343. The Morgan fingerprint density at radius 1 is 0.511 bits per heavy atom. The van der Waals surface area contributed by atoms with Crippen LogP contribution in [0.25, 0.3) is 0 Å². The standard InChI is InChI=1S/C67H120N12O15/c1-26-28-31-42(13)55(80)54-59(84)71-47(27-2)62(87)73(19)45(16)61(86)78(24)53(46(17)93-32-29-30-33-94-67(92)68-18)58(83)72-51(40(9)10)65(90)74(20)48(34-37(3)4)57(82)69-43(14)56(81)70-44(15)60(85)75(21)49(35-38(5)6)63(88)76(22)50(36-39(7)8)64(89)77(23)52(41(11)12)66(91)79(54)25/h26,28,37-55,80H,27,29-36H2,1-25H3,(H,68,92)(H,69,82)(H,70,81)(H,71,84)(H,72,83)/b28-26+/t42-,43+,44+,45-,46-,47+,48-,49+,50-,51+,52+,53+,54+,55-/m1/s1. The molecule has 1 fully saturated rings. The molecule has 1 saturated heterocycles. The molecule has 1 aliphatic rings.